The average molecular weight is 1710 g/mol. The van der Waals surface area contributed by atoms with Gasteiger partial charge < -0.3 is 8.83 Å². The first-order chi connectivity index (χ1) is 57.7. The van der Waals surface area contributed by atoms with Crippen molar-refractivity contribution in [3.8, 4) is 66.8 Å². The van der Waals surface area contributed by atoms with Gasteiger partial charge in [-0.05, 0) is 183 Å². The second-order valence-electron chi connectivity index (χ2n) is 30.6. The van der Waals surface area contributed by atoms with Gasteiger partial charge in [-0.1, -0.05) is 406 Å². The third-order valence-corrected chi connectivity index (χ3v) is 27.5. The standard InChI is InChI=1S/2C37H23BrO.C37H23BrS/c38-27-21-19-25(20-22-27)37(33-16-4-1-11-29(33)30-12-2-5-17-34(30)37)26-10-7-9-24(23-26)28-14-8-15-32-31-13-3-6-18-35(31)39-36(28)32;38-27-10-7-9-25(23-27)24-19-21-26(22-20-24)37(32-15-4-1-11-28(32)29-12-2-5-16-33(29)37)34-17-8-14-31-30-13-3-6-18-35(30)39-36(31)34;38-27-10-7-9-26(23-27)37(33-16-4-1-11-29(33)30-12-2-5-17-34(30)37)25-21-19-24(20-22-25)28-14-8-15-32-31-13-3-6-18-35(31)39-36(28)32/h3*1-23H. The highest BCUT2D eigenvalue weighted by Gasteiger charge is 2.50. The third-order valence-electron chi connectivity index (χ3n) is 24.7. The highest BCUT2D eigenvalue weighted by Crippen LogP contribution is 2.61. The highest BCUT2D eigenvalue weighted by atomic mass is 79.9. The van der Waals surface area contributed by atoms with Crippen molar-refractivity contribution in [2.75, 3.05) is 0 Å². The SMILES string of the molecule is Brc1ccc(C2(c3cccc(-c4cccc5c4oc4ccccc45)c3)c3ccccc3-c3ccccc32)cc1.Brc1cccc(-c2ccc(C3(c4cccc5c4oc4ccccc45)c4ccccc4-c4ccccc43)cc2)c1.Brc1cccc(C2(c3ccc(-c4cccc5c4sc4ccccc45)cc3)c3ccccc3-c3ccccc32)c1. The number of halogens is 3. The molecule has 3 heterocycles. The van der Waals surface area contributed by atoms with E-state index in [1.165, 1.54) is 143 Å². The summed E-state index contributed by atoms with van der Waals surface area (Å²) < 4.78 is 19.0. The molecule has 0 radical (unpaired) electrons. The van der Waals surface area contributed by atoms with E-state index < -0.39 is 10.8 Å². The van der Waals surface area contributed by atoms with Crippen LogP contribution in [0.4, 0.5) is 0 Å². The molecular formula is C111H69Br3O2S. The smallest absolute Gasteiger partial charge is 0.143 e. The van der Waals surface area contributed by atoms with Crippen molar-refractivity contribution in [1.82, 2.24) is 0 Å². The van der Waals surface area contributed by atoms with E-state index in [0.717, 1.165) is 68.4 Å². The largest absolute Gasteiger partial charge is 0.456 e. The van der Waals surface area contributed by atoms with E-state index in [9.17, 15) is 0 Å². The third kappa shape index (κ3) is 11.1. The maximum Gasteiger partial charge on any atom is 0.143 e. The number of thiophene rings is 1. The Morgan fingerprint density at radius 3 is 1.09 bits per heavy atom. The predicted molar refractivity (Wildman–Crippen MR) is 498 cm³/mol. The number of furan rings is 2. The minimum absolute atomic E-state index is 0.390. The van der Waals surface area contributed by atoms with Crippen LogP contribution in [0.15, 0.2) is 441 Å². The summed E-state index contributed by atoms with van der Waals surface area (Å²) >= 11 is 12.9. The Bertz CT molecular complexity index is 7370. The van der Waals surface area contributed by atoms with Crippen molar-refractivity contribution in [1.29, 1.82) is 0 Å². The van der Waals surface area contributed by atoms with Crippen molar-refractivity contribution >= 4 is 123 Å². The van der Waals surface area contributed by atoms with Crippen molar-refractivity contribution < 1.29 is 8.83 Å². The predicted octanol–water partition coefficient (Wildman–Crippen LogP) is 31.6. The lowest BCUT2D eigenvalue weighted by Gasteiger charge is -2.34. The van der Waals surface area contributed by atoms with E-state index in [2.05, 4.69) is 448 Å². The van der Waals surface area contributed by atoms with Crippen molar-refractivity contribution in [3.63, 3.8) is 0 Å². The molecule has 0 saturated carbocycles. The minimum Gasteiger partial charge on any atom is -0.456 e. The number of para-hydroxylation sites is 4. The molecule has 6 heteroatoms. The van der Waals surface area contributed by atoms with E-state index in [4.69, 9.17) is 8.83 Å². The summed E-state index contributed by atoms with van der Waals surface area (Å²) in [7, 11) is 0. The molecule has 0 unspecified atom stereocenters. The molecule has 0 bridgehead atoms. The van der Waals surface area contributed by atoms with Crippen LogP contribution >= 0.6 is 59.1 Å². The molecule has 0 fully saturated rings. The van der Waals surface area contributed by atoms with Gasteiger partial charge in [0.25, 0.3) is 0 Å². The fourth-order valence-electron chi connectivity index (χ4n) is 19.9. The Hall–Kier alpha value is -12.8. The summed E-state index contributed by atoms with van der Waals surface area (Å²) in [5.41, 5.74) is 32.6. The van der Waals surface area contributed by atoms with Gasteiger partial charge in [-0.2, -0.15) is 0 Å². The molecule has 18 aromatic carbocycles. The van der Waals surface area contributed by atoms with Crippen LogP contribution in [0.3, 0.4) is 0 Å². The molecule has 0 amide bonds. The van der Waals surface area contributed by atoms with E-state index >= 15 is 0 Å². The molecule has 0 atom stereocenters. The van der Waals surface area contributed by atoms with E-state index in [1.807, 2.05) is 29.5 Å². The number of hydrogen-bond donors (Lipinski definition) is 0. The Morgan fingerprint density at radius 2 is 0.556 bits per heavy atom. The summed E-state index contributed by atoms with van der Waals surface area (Å²) in [4.78, 5) is 0. The lowest BCUT2D eigenvalue weighted by Crippen LogP contribution is -2.28. The van der Waals surface area contributed by atoms with Crippen LogP contribution in [0.25, 0.3) is 131 Å². The number of hydrogen-bond acceptors (Lipinski definition) is 3. The van der Waals surface area contributed by atoms with Gasteiger partial charge in [-0.15, -0.1) is 11.3 Å². The van der Waals surface area contributed by atoms with Gasteiger partial charge in [-0.25, -0.2) is 0 Å². The maximum atomic E-state index is 6.67. The minimum atomic E-state index is -0.517. The molecule has 3 aromatic heterocycles. The van der Waals surface area contributed by atoms with Crippen LogP contribution in [-0.2, 0) is 16.2 Å². The first-order valence-corrected chi connectivity index (χ1v) is 42.8. The molecule has 0 spiro atoms. The zero-order valence-electron chi connectivity index (χ0n) is 63.2. The molecule has 0 aliphatic heterocycles. The van der Waals surface area contributed by atoms with Gasteiger partial charge in [0.05, 0.1) is 16.2 Å². The average Bonchev–Trinajstić information content (AvgIpc) is 1.56. The Morgan fingerprint density at radius 1 is 0.197 bits per heavy atom. The zero-order chi connectivity index (χ0) is 77.9. The molecule has 24 rings (SSSR count). The Labute approximate surface area is 707 Å². The van der Waals surface area contributed by atoms with Gasteiger partial charge in [0.1, 0.15) is 22.3 Å². The summed E-state index contributed by atoms with van der Waals surface area (Å²) in [5, 5.41) is 7.26. The summed E-state index contributed by atoms with van der Waals surface area (Å²) in [6, 6.07) is 152. The summed E-state index contributed by atoms with van der Waals surface area (Å²) in [6.45, 7) is 0. The molecule has 21 aromatic rings. The number of fused-ring (bicyclic) bond motifs is 18. The molecule has 117 heavy (non-hydrogen) atoms. The highest BCUT2D eigenvalue weighted by molar-refractivity contribution is 9.11. The summed E-state index contributed by atoms with van der Waals surface area (Å²) in [5.74, 6) is 0. The van der Waals surface area contributed by atoms with Gasteiger partial charge in [0.15, 0.2) is 0 Å². The van der Waals surface area contributed by atoms with Gasteiger partial charge in [-0.3, -0.25) is 0 Å². The van der Waals surface area contributed by atoms with E-state index in [1.54, 1.807) is 0 Å². The molecule has 0 saturated heterocycles. The monoisotopic (exact) mass is 1700 g/mol. The first kappa shape index (κ1) is 70.8. The van der Waals surface area contributed by atoms with Crippen LogP contribution in [0.1, 0.15) is 66.8 Å². The van der Waals surface area contributed by atoms with Crippen LogP contribution in [0.5, 0.6) is 0 Å². The van der Waals surface area contributed by atoms with Gasteiger partial charge in [0, 0.05) is 66.3 Å². The van der Waals surface area contributed by atoms with Crippen LogP contribution < -0.4 is 0 Å². The van der Waals surface area contributed by atoms with Gasteiger partial charge in [0.2, 0.25) is 0 Å². The van der Waals surface area contributed by atoms with Crippen molar-refractivity contribution in [2.24, 2.45) is 0 Å². The lowest BCUT2D eigenvalue weighted by atomic mass is 9.67. The van der Waals surface area contributed by atoms with Crippen molar-refractivity contribution in [2.45, 2.75) is 16.2 Å². The number of benzene rings is 18. The maximum absolute atomic E-state index is 6.67. The molecule has 3 aliphatic carbocycles. The molecule has 2 nitrogen and oxygen atoms in total. The second-order valence-corrected chi connectivity index (χ2v) is 34.4. The molecule has 3 aliphatic rings. The molecule has 552 valence electrons. The van der Waals surface area contributed by atoms with E-state index in [0.29, 0.717) is 0 Å². The fourth-order valence-corrected chi connectivity index (χ4v) is 22.2. The van der Waals surface area contributed by atoms with Crippen LogP contribution in [-0.4, -0.2) is 0 Å². The van der Waals surface area contributed by atoms with Crippen LogP contribution in [0.2, 0.25) is 0 Å². The van der Waals surface area contributed by atoms with Crippen molar-refractivity contribution in [3.05, 3.63) is 499 Å². The normalized spacial score (nSPS) is 13.5. The topological polar surface area (TPSA) is 26.3 Å². The Balaban J connectivity index is 0.000000106. The van der Waals surface area contributed by atoms with E-state index in [-0.39, 0.29) is 5.41 Å². The fraction of sp³-hybridized carbons (Fsp3) is 0.0270. The zero-order valence-corrected chi connectivity index (χ0v) is 68.8. The quantitative estimate of drug-likeness (QED) is 0.144. The second kappa shape index (κ2) is 28.6. The molecule has 0 N–H and O–H groups in total. The Kier molecular flexibility index (Phi) is 17.3. The lowest BCUT2D eigenvalue weighted by molar-refractivity contribution is 0.648. The first-order valence-electron chi connectivity index (χ1n) is 39.6. The van der Waals surface area contributed by atoms with Crippen LogP contribution in [0, 0.1) is 0 Å². The number of rotatable bonds is 9. The van der Waals surface area contributed by atoms with Gasteiger partial charge >= 0.3 is 0 Å². The summed E-state index contributed by atoms with van der Waals surface area (Å²) in [6.07, 6.45) is 0. The molecular weight excluding hydrogens is 1640 g/mol.